The lowest BCUT2D eigenvalue weighted by molar-refractivity contribution is 0.790. The summed E-state index contributed by atoms with van der Waals surface area (Å²) in [4.78, 5) is 15.5. The Morgan fingerprint density at radius 2 is 1.82 bits per heavy atom. The minimum absolute atomic E-state index is 0.0916. The van der Waals surface area contributed by atoms with Crippen molar-refractivity contribution in [2.45, 2.75) is 12.8 Å². The number of para-hydroxylation sites is 1. The van der Waals surface area contributed by atoms with Crippen LogP contribution in [0.15, 0.2) is 64.5 Å². The van der Waals surface area contributed by atoms with Crippen molar-refractivity contribution in [2.75, 3.05) is 0 Å². The SMILES string of the molecule is C[C@@H](/C=N\n1c(=S)[nH]c2ccccc2c1=O)c1ccccc1. The van der Waals surface area contributed by atoms with Crippen molar-refractivity contribution in [1.29, 1.82) is 0 Å². The Hall–Kier alpha value is -2.53. The van der Waals surface area contributed by atoms with Gasteiger partial charge in [0.1, 0.15) is 0 Å². The Kier molecular flexibility index (Phi) is 3.98. The number of hydrogen-bond acceptors (Lipinski definition) is 3. The van der Waals surface area contributed by atoms with E-state index < -0.39 is 0 Å². The smallest absolute Gasteiger partial charge is 0.282 e. The highest BCUT2D eigenvalue weighted by Gasteiger charge is 2.05. The van der Waals surface area contributed by atoms with Gasteiger partial charge in [0.05, 0.1) is 10.9 Å². The van der Waals surface area contributed by atoms with Gasteiger partial charge in [0, 0.05) is 12.1 Å². The molecule has 3 rings (SSSR count). The van der Waals surface area contributed by atoms with E-state index in [2.05, 4.69) is 10.1 Å². The van der Waals surface area contributed by atoms with Crippen LogP contribution in [0.25, 0.3) is 10.9 Å². The molecule has 0 radical (unpaired) electrons. The van der Waals surface area contributed by atoms with Crippen molar-refractivity contribution in [1.82, 2.24) is 9.66 Å². The number of rotatable bonds is 3. The fourth-order valence-corrected chi connectivity index (χ4v) is 2.51. The first kappa shape index (κ1) is 14.4. The predicted octanol–water partition coefficient (Wildman–Crippen LogP) is 3.70. The van der Waals surface area contributed by atoms with E-state index in [9.17, 15) is 4.79 Å². The highest BCUT2D eigenvalue weighted by atomic mass is 32.1. The van der Waals surface area contributed by atoms with Crippen molar-refractivity contribution in [2.24, 2.45) is 5.10 Å². The molecule has 4 nitrogen and oxygen atoms in total. The zero-order valence-electron chi connectivity index (χ0n) is 12.1. The van der Waals surface area contributed by atoms with Crippen molar-refractivity contribution < 1.29 is 0 Å². The molecule has 5 heteroatoms. The molecule has 0 spiro atoms. The topological polar surface area (TPSA) is 50.1 Å². The number of nitrogens with zero attached hydrogens (tertiary/aromatic N) is 2. The number of nitrogens with one attached hydrogen (secondary N) is 1. The molecule has 0 aliphatic carbocycles. The number of H-pyrrole nitrogens is 1. The first-order valence-corrected chi connectivity index (χ1v) is 7.41. The van der Waals surface area contributed by atoms with E-state index >= 15 is 0 Å². The van der Waals surface area contributed by atoms with Crippen LogP contribution in [0.2, 0.25) is 0 Å². The first-order valence-electron chi connectivity index (χ1n) is 7.00. The molecule has 0 saturated carbocycles. The number of fused-ring (bicyclic) bond motifs is 1. The zero-order valence-corrected chi connectivity index (χ0v) is 12.9. The quantitative estimate of drug-likeness (QED) is 0.592. The molecule has 1 aromatic heterocycles. The standard InChI is InChI=1S/C17H15N3OS/c1-12(13-7-3-2-4-8-13)11-18-20-16(21)14-9-5-6-10-15(14)19-17(20)22/h2-12H,1H3,(H,19,22)/b18-11-/t12-/m0/s1. The van der Waals surface area contributed by atoms with Crippen molar-refractivity contribution >= 4 is 29.3 Å². The Bertz CT molecular complexity index is 941. The second kappa shape index (κ2) is 6.07. The van der Waals surface area contributed by atoms with Gasteiger partial charge in [-0.2, -0.15) is 9.78 Å². The number of hydrogen-bond donors (Lipinski definition) is 1. The minimum Gasteiger partial charge on any atom is -0.330 e. The maximum atomic E-state index is 12.5. The fourth-order valence-electron chi connectivity index (χ4n) is 2.27. The third-order valence-electron chi connectivity index (χ3n) is 3.51. The van der Waals surface area contributed by atoms with Crippen LogP contribution in [0.4, 0.5) is 0 Å². The Labute approximate surface area is 132 Å². The molecule has 0 amide bonds. The van der Waals surface area contributed by atoms with Gasteiger partial charge in [-0.15, -0.1) is 0 Å². The molecular formula is C17H15N3OS. The highest BCUT2D eigenvalue weighted by molar-refractivity contribution is 7.71. The second-order valence-electron chi connectivity index (χ2n) is 5.06. The lowest BCUT2D eigenvalue weighted by atomic mass is 10.0. The monoisotopic (exact) mass is 309 g/mol. The van der Waals surface area contributed by atoms with Gasteiger partial charge in [-0.05, 0) is 29.9 Å². The maximum absolute atomic E-state index is 12.5. The van der Waals surface area contributed by atoms with E-state index in [0.717, 1.165) is 11.1 Å². The average Bonchev–Trinajstić information content (AvgIpc) is 2.55. The van der Waals surface area contributed by atoms with Gasteiger partial charge in [-0.25, -0.2) is 0 Å². The van der Waals surface area contributed by atoms with E-state index in [1.807, 2.05) is 55.5 Å². The summed E-state index contributed by atoms with van der Waals surface area (Å²) < 4.78 is 1.53. The molecule has 0 aliphatic heterocycles. The van der Waals surface area contributed by atoms with Gasteiger partial charge >= 0.3 is 0 Å². The van der Waals surface area contributed by atoms with Crippen LogP contribution in [0, 0.1) is 4.77 Å². The van der Waals surface area contributed by atoms with E-state index in [4.69, 9.17) is 12.2 Å². The molecular weight excluding hydrogens is 294 g/mol. The average molecular weight is 309 g/mol. The fraction of sp³-hybridized carbons (Fsp3) is 0.118. The molecule has 0 aliphatic rings. The Morgan fingerprint density at radius 1 is 1.14 bits per heavy atom. The Morgan fingerprint density at radius 3 is 2.59 bits per heavy atom. The summed E-state index contributed by atoms with van der Waals surface area (Å²) in [6.07, 6.45) is 1.73. The summed E-state index contributed by atoms with van der Waals surface area (Å²) >= 11 is 5.23. The highest BCUT2D eigenvalue weighted by Crippen LogP contribution is 2.12. The van der Waals surface area contributed by atoms with E-state index in [-0.39, 0.29) is 11.5 Å². The number of aromatic nitrogens is 2. The molecule has 1 atom stereocenters. The third kappa shape index (κ3) is 2.76. The minimum atomic E-state index is -0.212. The summed E-state index contributed by atoms with van der Waals surface area (Å²) in [7, 11) is 0. The number of aromatic amines is 1. The van der Waals surface area contributed by atoms with Crippen LogP contribution in [0.3, 0.4) is 0 Å². The van der Waals surface area contributed by atoms with Gasteiger partial charge in [0.25, 0.3) is 5.56 Å². The summed E-state index contributed by atoms with van der Waals surface area (Å²) in [5, 5.41) is 4.85. The molecule has 22 heavy (non-hydrogen) atoms. The van der Waals surface area contributed by atoms with Gasteiger partial charge in [0.15, 0.2) is 0 Å². The largest absolute Gasteiger partial charge is 0.330 e. The Balaban J connectivity index is 2.02. The van der Waals surface area contributed by atoms with Gasteiger partial charge < -0.3 is 4.98 Å². The first-order chi connectivity index (χ1) is 10.7. The van der Waals surface area contributed by atoms with Crippen LogP contribution in [0.1, 0.15) is 18.4 Å². The maximum Gasteiger partial charge on any atom is 0.282 e. The van der Waals surface area contributed by atoms with E-state index in [1.54, 1.807) is 12.3 Å². The summed E-state index contributed by atoms with van der Waals surface area (Å²) in [6, 6.07) is 17.3. The number of benzene rings is 2. The van der Waals surface area contributed by atoms with E-state index in [0.29, 0.717) is 10.2 Å². The van der Waals surface area contributed by atoms with Crippen LogP contribution < -0.4 is 5.56 Å². The normalized spacial score (nSPS) is 12.8. The van der Waals surface area contributed by atoms with Gasteiger partial charge in [0.2, 0.25) is 4.77 Å². The molecule has 110 valence electrons. The van der Waals surface area contributed by atoms with Crippen LogP contribution in [-0.2, 0) is 0 Å². The summed E-state index contributed by atoms with van der Waals surface area (Å²) in [5.74, 6) is 0.0916. The molecule has 3 aromatic rings. The predicted molar refractivity (Wildman–Crippen MR) is 92.1 cm³/mol. The zero-order chi connectivity index (χ0) is 15.5. The van der Waals surface area contributed by atoms with Crippen LogP contribution in [-0.4, -0.2) is 15.9 Å². The third-order valence-corrected chi connectivity index (χ3v) is 3.79. The molecule has 1 heterocycles. The van der Waals surface area contributed by atoms with E-state index in [1.165, 1.54) is 4.68 Å². The molecule has 2 aromatic carbocycles. The van der Waals surface area contributed by atoms with Crippen molar-refractivity contribution in [3.8, 4) is 0 Å². The lowest BCUT2D eigenvalue weighted by Crippen LogP contribution is -2.19. The van der Waals surface area contributed by atoms with Crippen molar-refractivity contribution in [3.05, 3.63) is 75.3 Å². The van der Waals surface area contributed by atoms with Crippen LogP contribution in [0.5, 0.6) is 0 Å². The summed E-state index contributed by atoms with van der Waals surface area (Å²) in [6.45, 7) is 2.03. The molecule has 0 bridgehead atoms. The van der Waals surface area contributed by atoms with Gasteiger partial charge in [-0.1, -0.05) is 49.4 Å². The molecule has 1 N–H and O–H groups in total. The lowest BCUT2D eigenvalue weighted by Gasteiger charge is -2.06. The van der Waals surface area contributed by atoms with Crippen LogP contribution >= 0.6 is 12.2 Å². The molecule has 0 saturated heterocycles. The van der Waals surface area contributed by atoms with Crippen molar-refractivity contribution in [3.63, 3.8) is 0 Å². The second-order valence-corrected chi connectivity index (χ2v) is 5.44. The summed E-state index contributed by atoms with van der Waals surface area (Å²) in [5.41, 5.74) is 1.64. The molecule has 0 fully saturated rings. The van der Waals surface area contributed by atoms with Gasteiger partial charge in [-0.3, -0.25) is 4.79 Å². The molecule has 0 unspecified atom stereocenters.